The molecule has 0 radical (unpaired) electrons. The molecule has 156 valence electrons. The summed E-state index contributed by atoms with van der Waals surface area (Å²) >= 11 is 0. The molecule has 0 aliphatic carbocycles. The summed E-state index contributed by atoms with van der Waals surface area (Å²) < 4.78 is 2.11. The Balaban J connectivity index is 1.90. The minimum atomic E-state index is -2.62. The van der Waals surface area contributed by atoms with Crippen LogP contribution in [0.4, 0.5) is 0 Å². The Morgan fingerprint density at radius 2 is 0.906 bits per heavy atom. The average molecular weight is 431 g/mol. The van der Waals surface area contributed by atoms with Crippen LogP contribution in [0.15, 0.2) is 121 Å². The van der Waals surface area contributed by atoms with Crippen LogP contribution in [-0.2, 0) is 0 Å². The van der Waals surface area contributed by atoms with Gasteiger partial charge in [0.25, 0.3) is 0 Å². The first-order valence-electron chi connectivity index (χ1n) is 11.0. The molecule has 0 amide bonds. The van der Waals surface area contributed by atoms with E-state index in [9.17, 15) is 0 Å². The highest BCUT2D eigenvalue weighted by molar-refractivity contribution is 7.19. The van der Waals surface area contributed by atoms with Crippen molar-refractivity contribution in [3.05, 3.63) is 133 Å². The predicted molar refractivity (Wildman–Crippen MR) is 137 cm³/mol. The fourth-order valence-electron chi connectivity index (χ4n) is 4.73. The van der Waals surface area contributed by atoms with Gasteiger partial charge >= 0.3 is 0 Å². The third kappa shape index (κ3) is 3.22. The Hall–Kier alpha value is -3.69. The Bertz CT molecular complexity index is 1210. The van der Waals surface area contributed by atoms with Gasteiger partial charge < -0.3 is 0 Å². The van der Waals surface area contributed by atoms with Gasteiger partial charge in [0.15, 0.2) is 0 Å². The van der Waals surface area contributed by atoms with Crippen LogP contribution in [0.25, 0.3) is 5.69 Å². The molecule has 0 atom stereocenters. The lowest BCUT2D eigenvalue weighted by Crippen LogP contribution is -2.75. The van der Waals surface area contributed by atoms with Gasteiger partial charge in [-0.3, -0.25) is 0 Å². The Labute approximate surface area is 190 Å². The van der Waals surface area contributed by atoms with Gasteiger partial charge in [-0.05, 0) is 47.1 Å². The summed E-state index contributed by atoms with van der Waals surface area (Å²) in [6.45, 7) is 4.41. The van der Waals surface area contributed by atoms with E-state index in [4.69, 9.17) is 5.10 Å². The number of benzene rings is 4. The fourth-order valence-corrected chi connectivity index (χ4v) is 9.62. The van der Waals surface area contributed by atoms with Crippen molar-refractivity contribution in [2.24, 2.45) is 0 Å². The molecule has 3 heteroatoms. The zero-order valence-corrected chi connectivity index (χ0v) is 19.4. The van der Waals surface area contributed by atoms with E-state index in [1.165, 1.54) is 32.1 Å². The number of hydrogen-bond donors (Lipinski definition) is 0. The molecule has 4 aromatic carbocycles. The van der Waals surface area contributed by atoms with Gasteiger partial charge in [-0.2, -0.15) is 5.10 Å². The molecule has 32 heavy (non-hydrogen) atoms. The molecule has 1 heterocycles. The summed E-state index contributed by atoms with van der Waals surface area (Å²) in [4.78, 5) is 0. The second-order valence-electron chi connectivity index (χ2n) is 8.15. The van der Waals surface area contributed by atoms with E-state index >= 15 is 0 Å². The smallest absolute Gasteiger partial charge is 0.204 e. The molecule has 0 aliphatic rings. The Kier molecular flexibility index (Phi) is 5.34. The van der Waals surface area contributed by atoms with Crippen molar-refractivity contribution >= 4 is 29.0 Å². The van der Waals surface area contributed by atoms with Crippen molar-refractivity contribution < 1.29 is 0 Å². The minimum Gasteiger partial charge on any atom is -0.238 e. The zero-order valence-electron chi connectivity index (χ0n) is 18.4. The lowest BCUT2D eigenvalue weighted by Gasteiger charge is -2.32. The van der Waals surface area contributed by atoms with Gasteiger partial charge in [0.05, 0.1) is 11.0 Å². The van der Waals surface area contributed by atoms with Gasteiger partial charge in [0.2, 0.25) is 8.07 Å². The molecule has 0 N–H and O–H groups in total. The highest BCUT2D eigenvalue weighted by atomic mass is 28.3. The molecule has 0 aliphatic heterocycles. The maximum atomic E-state index is 5.36. The van der Waals surface area contributed by atoms with Crippen molar-refractivity contribution in [3.63, 3.8) is 0 Å². The molecule has 2 nitrogen and oxygen atoms in total. The molecule has 0 bridgehead atoms. The maximum Gasteiger partial charge on any atom is 0.204 e. The normalized spacial score (nSPS) is 11.4. The average Bonchev–Trinajstić information content (AvgIpc) is 3.17. The first-order valence-corrected chi connectivity index (χ1v) is 13.0. The third-order valence-corrected chi connectivity index (χ3v) is 11.2. The highest BCUT2D eigenvalue weighted by Gasteiger charge is 2.45. The van der Waals surface area contributed by atoms with E-state index in [1.54, 1.807) is 0 Å². The van der Waals surface area contributed by atoms with Crippen LogP contribution in [-0.4, -0.2) is 17.9 Å². The summed E-state index contributed by atoms with van der Waals surface area (Å²) in [6.07, 6.45) is 0. The zero-order chi connectivity index (χ0) is 22.0. The SMILES string of the molecule is Cc1c([Si](c2ccccc2)(c2ccccc2)c2ccccc2)nn(-c2ccccc2)c1C. The summed E-state index contributed by atoms with van der Waals surface area (Å²) in [7, 11) is -2.62. The van der Waals surface area contributed by atoms with Gasteiger partial charge in [-0.15, -0.1) is 0 Å². The summed E-state index contributed by atoms with van der Waals surface area (Å²) in [6, 6.07) is 43.3. The molecule has 0 fully saturated rings. The van der Waals surface area contributed by atoms with Crippen LogP contribution in [0.1, 0.15) is 11.3 Å². The first-order chi connectivity index (χ1) is 15.7. The number of para-hydroxylation sites is 1. The van der Waals surface area contributed by atoms with Gasteiger partial charge in [-0.25, -0.2) is 4.68 Å². The quantitative estimate of drug-likeness (QED) is 0.306. The monoisotopic (exact) mass is 430 g/mol. The van der Waals surface area contributed by atoms with Gasteiger partial charge in [-0.1, -0.05) is 109 Å². The van der Waals surface area contributed by atoms with Gasteiger partial charge in [0, 0.05) is 5.69 Å². The summed E-state index contributed by atoms with van der Waals surface area (Å²) in [5, 5.41) is 10.6. The molecule has 1 aromatic heterocycles. The van der Waals surface area contributed by atoms with Crippen LogP contribution in [0, 0.1) is 13.8 Å². The molecule has 5 aromatic rings. The Morgan fingerprint density at radius 3 is 1.31 bits per heavy atom. The minimum absolute atomic E-state index is 1.09. The van der Waals surface area contributed by atoms with Crippen molar-refractivity contribution in [2.45, 2.75) is 13.8 Å². The van der Waals surface area contributed by atoms with Crippen LogP contribution in [0.3, 0.4) is 0 Å². The number of nitrogens with zero attached hydrogens (tertiary/aromatic N) is 2. The number of hydrogen-bond acceptors (Lipinski definition) is 1. The lowest BCUT2D eigenvalue weighted by atomic mass is 10.3. The van der Waals surface area contributed by atoms with Crippen molar-refractivity contribution in [1.82, 2.24) is 9.78 Å². The molecule has 5 rings (SSSR count). The van der Waals surface area contributed by atoms with Crippen molar-refractivity contribution in [3.8, 4) is 5.69 Å². The number of rotatable bonds is 5. The molecule has 0 saturated carbocycles. The van der Waals surface area contributed by atoms with Crippen LogP contribution in [0.2, 0.25) is 0 Å². The summed E-state index contributed by atoms with van der Waals surface area (Å²) in [5.74, 6) is 0. The van der Waals surface area contributed by atoms with E-state index in [0.717, 1.165) is 5.69 Å². The van der Waals surface area contributed by atoms with Crippen LogP contribution >= 0.6 is 0 Å². The second kappa shape index (κ2) is 8.44. The Morgan fingerprint density at radius 1 is 0.531 bits per heavy atom. The van der Waals surface area contributed by atoms with E-state index in [2.05, 4.69) is 134 Å². The highest BCUT2D eigenvalue weighted by Crippen LogP contribution is 2.17. The predicted octanol–water partition coefficient (Wildman–Crippen LogP) is 3.87. The maximum absolute atomic E-state index is 5.36. The third-order valence-electron chi connectivity index (χ3n) is 6.39. The second-order valence-corrected chi connectivity index (χ2v) is 11.9. The first kappa shape index (κ1) is 20.2. The van der Waals surface area contributed by atoms with Crippen molar-refractivity contribution in [1.29, 1.82) is 0 Å². The molecular weight excluding hydrogens is 404 g/mol. The van der Waals surface area contributed by atoms with E-state index in [-0.39, 0.29) is 0 Å². The van der Waals surface area contributed by atoms with Crippen molar-refractivity contribution in [2.75, 3.05) is 0 Å². The van der Waals surface area contributed by atoms with E-state index in [0.29, 0.717) is 0 Å². The number of aromatic nitrogens is 2. The molecular formula is C29H26N2Si. The largest absolute Gasteiger partial charge is 0.238 e. The topological polar surface area (TPSA) is 17.8 Å². The summed E-state index contributed by atoms with van der Waals surface area (Å²) in [5.41, 5.74) is 3.54. The molecule has 0 spiro atoms. The lowest BCUT2D eigenvalue weighted by molar-refractivity contribution is 0.853. The van der Waals surface area contributed by atoms with Crippen LogP contribution in [0.5, 0.6) is 0 Å². The van der Waals surface area contributed by atoms with Gasteiger partial charge in [0.1, 0.15) is 0 Å². The van der Waals surface area contributed by atoms with E-state index in [1.807, 2.05) is 6.07 Å². The molecule has 0 unspecified atom stereocenters. The van der Waals surface area contributed by atoms with Crippen LogP contribution < -0.4 is 20.9 Å². The standard InChI is InChI=1S/C29H26N2Si/c1-23-24(2)31(25-15-7-3-8-16-25)30-29(23)32(26-17-9-4-10-18-26,27-19-11-5-12-20-27)28-21-13-6-14-22-28/h3-22H,1-2H3. The molecule has 0 saturated heterocycles. The fraction of sp³-hybridized carbons (Fsp3) is 0.0690. The van der Waals surface area contributed by atoms with E-state index < -0.39 is 8.07 Å².